The summed E-state index contributed by atoms with van der Waals surface area (Å²) in [6, 6.07) is 0.182. The summed E-state index contributed by atoms with van der Waals surface area (Å²) in [6.45, 7) is 1.02. The van der Waals surface area contributed by atoms with Crippen LogP contribution in [0, 0.1) is 0 Å². The second-order valence-corrected chi connectivity index (χ2v) is 5.22. The fraction of sp³-hybridized carbons (Fsp3) is 0.556. The molecule has 8 nitrogen and oxygen atoms in total. The van der Waals surface area contributed by atoms with Crippen molar-refractivity contribution < 1.29 is 4.52 Å². The van der Waals surface area contributed by atoms with Crippen LogP contribution in [0.4, 0.5) is 5.95 Å². The summed E-state index contributed by atoms with van der Waals surface area (Å²) in [5, 5.41) is 10.4. The van der Waals surface area contributed by atoms with Crippen LogP contribution in [-0.4, -0.2) is 55.3 Å². The first-order chi connectivity index (χ1) is 8.74. The highest BCUT2D eigenvalue weighted by molar-refractivity contribution is 7.99. The van der Waals surface area contributed by atoms with Crippen LogP contribution < -0.4 is 5.73 Å². The third-order valence-electron chi connectivity index (χ3n) is 2.84. The molecule has 1 fully saturated rings. The molecular weight excluding hydrogens is 254 g/mol. The van der Waals surface area contributed by atoms with Gasteiger partial charge in [-0.05, 0) is 7.05 Å². The molecule has 1 unspecified atom stereocenters. The molecule has 3 heterocycles. The predicted octanol–water partition coefficient (Wildman–Crippen LogP) is 0.157. The number of hydrogen-bond acceptors (Lipinski definition) is 8. The van der Waals surface area contributed by atoms with Crippen molar-refractivity contribution in [2.45, 2.75) is 6.04 Å². The zero-order valence-electron chi connectivity index (χ0n) is 9.83. The lowest BCUT2D eigenvalue weighted by atomic mass is 10.3. The topological polar surface area (TPSA) is 110 Å². The van der Waals surface area contributed by atoms with E-state index >= 15 is 0 Å². The number of aromatic nitrogens is 5. The molecule has 9 heteroatoms. The largest absolute Gasteiger partial charge is 0.366 e. The fourth-order valence-corrected chi connectivity index (χ4v) is 3.01. The van der Waals surface area contributed by atoms with Crippen molar-refractivity contribution in [2.24, 2.45) is 0 Å². The van der Waals surface area contributed by atoms with Crippen LogP contribution in [-0.2, 0) is 0 Å². The van der Waals surface area contributed by atoms with Crippen LogP contribution in [0.5, 0.6) is 0 Å². The normalized spacial score (nSPS) is 21.3. The number of aromatic amines is 1. The number of nitrogens with two attached hydrogens (primary N) is 1. The number of nitrogens with one attached hydrogen (secondary N) is 1. The molecule has 18 heavy (non-hydrogen) atoms. The zero-order valence-corrected chi connectivity index (χ0v) is 10.6. The van der Waals surface area contributed by atoms with E-state index in [1.54, 1.807) is 0 Å². The van der Waals surface area contributed by atoms with Gasteiger partial charge in [-0.25, -0.2) is 0 Å². The van der Waals surface area contributed by atoms with Gasteiger partial charge in [0.15, 0.2) is 5.82 Å². The minimum Gasteiger partial charge on any atom is -0.366 e. The summed E-state index contributed by atoms with van der Waals surface area (Å²) in [5.41, 5.74) is 5.43. The molecule has 1 aliphatic rings. The van der Waals surface area contributed by atoms with Gasteiger partial charge in [-0.15, -0.1) is 5.10 Å². The van der Waals surface area contributed by atoms with E-state index in [0.29, 0.717) is 17.5 Å². The number of rotatable bonds is 2. The Labute approximate surface area is 107 Å². The highest BCUT2D eigenvalue weighted by atomic mass is 32.2. The molecule has 1 saturated heterocycles. The molecule has 0 radical (unpaired) electrons. The molecule has 0 amide bonds. The van der Waals surface area contributed by atoms with Crippen molar-refractivity contribution in [3.05, 3.63) is 5.82 Å². The first-order valence-electron chi connectivity index (χ1n) is 5.54. The van der Waals surface area contributed by atoms with Gasteiger partial charge < -0.3 is 10.3 Å². The molecular formula is C9H13N7OS. The standard InChI is InChI=1S/C9H13N7OS/c1-16-2-3-18-4-5(16)6-11-8(17-15-6)7-12-9(10)14-13-7/h5H,2-4H2,1H3,(H3,10,12,13,14). The second-order valence-electron chi connectivity index (χ2n) is 4.07. The van der Waals surface area contributed by atoms with E-state index in [-0.39, 0.29) is 12.0 Å². The quantitative estimate of drug-likeness (QED) is 0.791. The first-order valence-corrected chi connectivity index (χ1v) is 6.69. The molecule has 3 rings (SSSR count). The molecule has 96 valence electrons. The van der Waals surface area contributed by atoms with Crippen molar-refractivity contribution in [3.63, 3.8) is 0 Å². The SMILES string of the molecule is CN1CCSCC1c1noc(-c2nc(N)n[nH]2)n1. The maximum absolute atomic E-state index is 5.43. The van der Waals surface area contributed by atoms with E-state index in [1.165, 1.54) is 0 Å². The number of thioether (sulfide) groups is 1. The third-order valence-corrected chi connectivity index (χ3v) is 3.86. The summed E-state index contributed by atoms with van der Waals surface area (Å²) in [5.74, 6) is 3.66. The highest BCUT2D eigenvalue weighted by Gasteiger charge is 2.26. The van der Waals surface area contributed by atoms with Gasteiger partial charge in [0.1, 0.15) is 0 Å². The van der Waals surface area contributed by atoms with E-state index in [2.05, 4.69) is 37.3 Å². The molecule has 2 aromatic rings. The van der Waals surface area contributed by atoms with Gasteiger partial charge in [-0.2, -0.15) is 21.7 Å². The summed E-state index contributed by atoms with van der Waals surface area (Å²) in [7, 11) is 2.06. The Balaban J connectivity index is 1.84. The van der Waals surface area contributed by atoms with Gasteiger partial charge >= 0.3 is 0 Å². The smallest absolute Gasteiger partial charge is 0.295 e. The van der Waals surface area contributed by atoms with Gasteiger partial charge in [-0.3, -0.25) is 10.00 Å². The summed E-state index contributed by atoms with van der Waals surface area (Å²) < 4.78 is 5.18. The number of anilines is 1. The Hall–Kier alpha value is -1.61. The summed E-state index contributed by atoms with van der Waals surface area (Å²) >= 11 is 1.89. The van der Waals surface area contributed by atoms with Gasteiger partial charge in [0.2, 0.25) is 11.8 Å². The van der Waals surface area contributed by atoms with E-state index in [4.69, 9.17) is 10.3 Å². The molecule has 0 bridgehead atoms. The second kappa shape index (κ2) is 4.58. The van der Waals surface area contributed by atoms with Gasteiger partial charge in [-0.1, -0.05) is 5.16 Å². The van der Waals surface area contributed by atoms with Crippen molar-refractivity contribution >= 4 is 17.7 Å². The molecule has 2 aromatic heterocycles. The van der Waals surface area contributed by atoms with Crippen molar-refractivity contribution in [1.29, 1.82) is 0 Å². The van der Waals surface area contributed by atoms with Crippen molar-refractivity contribution in [1.82, 2.24) is 30.2 Å². The Morgan fingerprint density at radius 2 is 2.39 bits per heavy atom. The minimum atomic E-state index is 0.162. The van der Waals surface area contributed by atoms with Gasteiger partial charge in [0.05, 0.1) is 6.04 Å². The molecule has 1 atom stereocenters. The first kappa shape index (κ1) is 11.5. The maximum Gasteiger partial charge on any atom is 0.295 e. The van der Waals surface area contributed by atoms with Crippen molar-refractivity contribution in [3.8, 4) is 11.7 Å². The Bertz CT molecular complexity index is 539. The molecule has 0 spiro atoms. The van der Waals surface area contributed by atoms with Crippen LogP contribution in [0.25, 0.3) is 11.7 Å². The summed E-state index contributed by atoms with van der Waals surface area (Å²) in [6.07, 6.45) is 0. The van der Waals surface area contributed by atoms with E-state index in [0.717, 1.165) is 18.1 Å². The highest BCUT2D eigenvalue weighted by Crippen LogP contribution is 2.27. The maximum atomic E-state index is 5.43. The third kappa shape index (κ3) is 2.06. The fourth-order valence-electron chi connectivity index (χ4n) is 1.80. The average Bonchev–Trinajstić information content (AvgIpc) is 2.98. The van der Waals surface area contributed by atoms with Crippen LogP contribution in [0.1, 0.15) is 11.9 Å². The van der Waals surface area contributed by atoms with Crippen molar-refractivity contribution in [2.75, 3.05) is 30.8 Å². The van der Waals surface area contributed by atoms with Crippen LogP contribution >= 0.6 is 11.8 Å². The lowest BCUT2D eigenvalue weighted by Crippen LogP contribution is -2.33. The zero-order chi connectivity index (χ0) is 12.5. The average molecular weight is 267 g/mol. The number of H-pyrrole nitrogens is 1. The number of nitrogens with zero attached hydrogens (tertiary/aromatic N) is 5. The Morgan fingerprint density at radius 3 is 3.11 bits per heavy atom. The molecule has 0 aromatic carbocycles. The Morgan fingerprint density at radius 1 is 1.50 bits per heavy atom. The predicted molar refractivity (Wildman–Crippen MR) is 66.8 cm³/mol. The molecule has 1 aliphatic heterocycles. The Kier molecular flexibility index (Phi) is 2.92. The van der Waals surface area contributed by atoms with Crippen LogP contribution in [0.15, 0.2) is 4.52 Å². The van der Waals surface area contributed by atoms with Crippen LogP contribution in [0.3, 0.4) is 0 Å². The van der Waals surface area contributed by atoms with Gasteiger partial charge in [0, 0.05) is 18.1 Å². The van der Waals surface area contributed by atoms with Crippen LogP contribution in [0.2, 0.25) is 0 Å². The van der Waals surface area contributed by atoms with E-state index in [9.17, 15) is 0 Å². The molecule has 3 N–H and O–H groups in total. The van der Waals surface area contributed by atoms with E-state index in [1.807, 2.05) is 11.8 Å². The summed E-state index contributed by atoms with van der Waals surface area (Å²) in [4.78, 5) is 10.5. The number of hydrogen-bond donors (Lipinski definition) is 2. The lowest BCUT2D eigenvalue weighted by molar-refractivity contribution is 0.257. The molecule has 0 saturated carbocycles. The van der Waals surface area contributed by atoms with Gasteiger partial charge in [0.25, 0.3) is 5.89 Å². The molecule has 0 aliphatic carbocycles. The minimum absolute atomic E-state index is 0.162. The van der Waals surface area contributed by atoms with E-state index < -0.39 is 0 Å². The number of nitrogen functional groups attached to an aromatic ring is 1. The lowest BCUT2D eigenvalue weighted by Gasteiger charge is -2.29. The monoisotopic (exact) mass is 267 g/mol.